The van der Waals surface area contributed by atoms with Gasteiger partial charge in [-0.05, 0) is 32.6 Å². The van der Waals surface area contributed by atoms with Crippen molar-refractivity contribution in [2.75, 3.05) is 44.4 Å². The molecule has 0 saturated carbocycles. The maximum atomic E-state index is 5.90. The van der Waals surface area contributed by atoms with Gasteiger partial charge in [0.05, 0.1) is 12.1 Å². The van der Waals surface area contributed by atoms with Crippen LogP contribution < -0.4 is 5.73 Å². The summed E-state index contributed by atoms with van der Waals surface area (Å²) in [6.45, 7) is 8.77. The lowest BCUT2D eigenvalue weighted by atomic mass is 10.0. The molecular formula is C11H24N2OS. The summed E-state index contributed by atoms with van der Waals surface area (Å²) in [5, 5.41) is 0. The molecule has 0 aromatic rings. The first-order chi connectivity index (χ1) is 7.23. The van der Waals surface area contributed by atoms with Crippen LogP contribution in [-0.2, 0) is 4.74 Å². The summed E-state index contributed by atoms with van der Waals surface area (Å²) in [6, 6.07) is 0. The lowest BCUT2D eigenvalue weighted by Gasteiger charge is -2.39. The summed E-state index contributed by atoms with van der Waals surface area (Å²) in [7, 11) is 0. The third kappa shape index (κ3) is 3.94. The van der Waals surface area contributed by atoms with E-state index in [4.69, 9.17) is 10.5 Å². The topological polar surface area (TPSA) is 38.5 Å². The van der Waals surface area contributed by atoms with Gasteiger partial charge in [0.15, 0.2) is 0 Å². The van der Waals surface area contributed by atoms with Crippen molar-refractivity contribution in [2.45, 2.75) is 25.8 Å². The number of nitrogens with zero attached hydrogens (tertiary/aromatic N) is 1. The molecular weight excluding hydrogens is 208 g/mol. The van der Waals surface area contributed by atoms with E-state index in [2.05, 4.69) is 11.8 Å². The normalized spacial score (nSPS) is 23.4. The van der Waals surface area contributed by atoms with Crippen molar-refractivity contribution < 1.29 is 4.74 Å². The summed E-state index contributed by atoms with van der Waals surface area (Å²) >= 11 is 2.05. The smallest absolute Gasteiger partial charge is 0.0659 e. The Hall–Kier alpha value is 0.230. The van der Waals surface area contributed by atoms with E-state index in [0.29, 0.717) is 6.54 Å². The third-order valence-electron chi connectivity index (χ3n) is 3.04. The minimum Gasteiger partial charge on any atom is -0.380 e. The van der Waals surface area contributed by atoms with Gasteiger partial charge in [-0.2, -0.15) is 11.8 Å². The summed E-state index contributed by atoms with van der Waals surface area (Å²) in [5.74, 6) is 2.51. The van der Waals surface area contributed by atoms with Crippen molar-refractivity contribution in [1.29, 1.82) is 0 Å². The molecule has 0 bridgehead atoms. The fourth-order valence-corrected chi connectivity index (χ4v) is 2.77. The first-order valence-corrected chi connectivity index (χ1v) is 6.99. The number of rotatable bonds is 5. The average Bonchev–Trinajstić information content (AvgIpc) is 2.54. The van der Waals surface area contributed by atoms with Crippen molar-refractivity contribution in [3.8, 4) is 0 Å². The van der Waals surface area contributed by atoms with E-state index in [9.17, 15) is 0 Å². The zero-order valence-electron chi connectivity index (χ0n) is 10.00. The number of nitrogens with two attached hydrogens (primary N) is 1. The Labute approximate surface area is 97.7 Å². The van der Waals surface area contributed by atoms with Crippen molar-refractivity contribution in [3.05, 3.63) is 0 Å². The first-order valence-electron chi connectivity index (χ1n) is 5.83. The molecule has 1 atom stereocenters. The molecule has 4 heteroatoms. The number of hydrogen-bond donors (Lipinski definition) is 1. The Bertz CT molecular complexity index is 172. The van der Waals surface area contributed by atoms with E-state index < -0.39 is 0 Å². The highest BCUT2D eigenvalue weighted by molar-refractivity contribution is 7.99. The molecule has 1 rings (SSSR count). The number of ether oxygens (including phenoxy) is 1. The van der Waals surface area contributed by atoms with E-state index in [1.54, 1.807) is 0 Å². The zero-order valence-corrected chi connectivity index (χ0v) is 10.8. The molecule has 0 aliphatic carbocycles. The Morgan fingerprint density at radius 1 is 1.40 bits per heavy atom. The van der Waals surface area contributed by atoms with Crippen LogP contribution in [-0.4, -0.2) is 54.8 Å². The van der Waals surface area contributed by atoms with Crippen LogP contribution in [0.4, 0.5) is 0 Å². The molecule has 1 unspecified atom stereocenters. The molecule has 0 aromatic heterocycles. The Balaban J connectivity index is 2.52. The Kier molecular flexibility index (Phi) is 5.97. The average molecular weight is 232 g/mol. The molecule has 0 radical (unpaired) electrons. The molecule has 90 valence electrons. The molecule has 0 amide bonds. The zero-order chi connectivity index (χ0) is 11.1. The van der Waals surface area contributed by atoms with Gasteiger partial charge in [0, 0.05) is 25.4 Å². The van der Waals surface area contributed by atoms with E-state index in [0.717, 1.165) is 26.3 Å². The molecule has 1 aliphatic rings. The summed E-state index contributed by atoms with van der Waals surface area (Å²) in [5.41, 5.74) is 5.93. The highest BCUT2D eigenvalue weighted by atomic mass is 32.2. The molecule has 0 spiro atoms. The molecule has 0 aromatic carbocycles. The van der Waals surface area contributed by atoms with Crippen LogP contribution in [0.3, 0.4) is 0 Å². The van der Waals surface area contributed by atoms with Crippen LogP contribution in [0.1, 0.15) is 20.3 Å². The summed E-state index contributed by atoms with van der Waals surface area (Å²) in [6.07, 6.45) is 1.27. The SMILES string of the molecule is CCOCC(C)(CN)N1CCCSCC1. The van der Waals surface area contributed by atoms with Gasteiger partial charge in [0.2, 0.25) is 0 Å². The number of hydrogen-bond acceptors (Lipinski definition) is 4. The van der Waals surface area contributed by atoms with Gasteiger partial charge in [0.1, 0.15) is 0 Å². The summed E-state index contributed by atoms with van der Waals surface area (Å²) < 4.78 is 5.56. The van der Waals surface area contributed by atoms with Gasteiger partial charge < -0.3 is 10.5 Å². The van der Waals surface area contributed by atoms with E-state index in [1.807, 2.05) is 18.7 Å². The van der Waals surface area contributed by atoms with Gasteiger partial charge in [-0.15, -0.1) is 0 Å². The van der Waals surface area contributed by atoms with Crippen molar-refractivity contribution >= 4 is 11.8 Å². The minimum absolute atomic E-state index is 0.0287. The van der Waals surface area contributed by atoms with Gasteiger partial charge in [-0.25, -0.2) is 0 Å². The van der Waals surface area contributed by atoms with Crippen molar-refractivity contribution in [2.24, 2.45) is 5.73 Å². The van der Waals surface area contributed by atoms with Gasteiger partial charge in [-0.1, -0.05) is 0 Å². The van der Waals surface area contributed by atoms with Crippen LogP contribution in [0, 0.1) is 0 Å². The van der Waals surface area contributed by atoms with Gasteiger partial charge >= 0.3 is 0 Å². The maximum Gasteiger partial charge on any atom is 0.0659 e. The second-order valence-corrected chi connectivity index (χ2v) is 5.52. The second-order valence-electron chi connectivity index (χ2n) is 4.29. The molecule has 1 heterocycles. The van der Waals surface area contributed by atoms with Crippen LogP contribution in [0.25, 0.3) is 0 Å². The monoisotopic (exact) mass is 232 g/mol. The molecule has 2 N–H and O–H groups in total. The largest absolute Gasteiger partial charge is 0.380 e. The second kappa shape index (κ2) is 6.74. The first kappa shape index (κ1) is 13.3. The van der Waals surface area contributed by atoms with Crippen LogP contribution in [0.5, 0.6) is 0 Å². The van der Waals surface area contributed by atoms with Crippen LogP contribution in [0.2, 0.25) is 0 Å². The predicted octanol–water partition coefficient (Wildman–Crippen LogP) is 1.18. The summed E-state index contributed by atoms with van der Waals surface area (Å²) in [4.78, 5) is 2.50. The van der Waals surface area contributed by atoms with E-state index >= 15 is 0 Å². The van der Waals surface area contributed by atoms with Crippen molar-refractivity contribution in [3.63, 3.8) is 0 Å². The lowest BCUT2D eigenvalue weighted by Crippen LogP contribution is -2.55. The van der Waals surface area contributed by atoms with E-state index in [1.165, 1.54) is 17.9 Å². The quantitative estimate of drug-likeness (QED) is 0.772. The molecule has 1 saturated heterocycles. The fraction of sp³-hybridized carbons (Fsp3) is 1.00. The van der Waals surface area contributed by atoms with Gasteiger partial charge in [-0.3, -0.25) is 4.90 Å². The maximum absolute atomic E-state index is 5.90. The molecule has 3 nitrogen and oxygen atoms in total. The highest BCUT2D eigenvalue weighted by Gasteiger charge is 2.30. The van der Waals surface area contributed by atoms with E-state index in [-0.39, 0.29) is 5.54 Å². The molecule has 1 fully saturated rings. The standard InChI is InChI=1S/C11H24N2OS/c1-3-14-10-11(2,9-12)13-5-4-7-15-8-6-13/h3-10,12H2,1-2H3. The highest BCUT2D eigenvalue weighted by Crippen LogP contribution is 2.19. The lowest BCUT2D eigenvalue weighted by molar-refractivity contribution is 0.0142. The Morgan fingerprint density at radius 2 is 2.20 bits per heavy atom. The Morgan fingerprint density at radius 3 is 2.87 bits per heavy atom. The van der Waals surface area contributed by atoms with Crippen LogP contribution >= 0.6 is 11.8 Å². The predicted molar refractivity (Wildman–Crippen MR) is 67.5 cm³/mol. The van der Waals surface area contributed by atoms with Crippen LogP contribution in [0.15, 0.2) is 0 Å². The number of thioether (sulfide) groups is 1. The third-order valence-corrected chi connectivity index (χ3v) is 4.09. The molecule has 1 aliphatic heterocycles. The fourth-order valence-electron chi connectivity index (χ4n) is 1.89. The minimum atomic E-state index is 0.0287. The van der Waals surface area contributed by atoms with Crippen molar-refractivity contribution in [1.82, 2.24) is 4.90 Å². The van der Waals surface area contributed by atoms with Gasteiger partial charge in [0.25, 0.3) is 0 Å². The molecule has 15 heavy (non-hydrogen) atoms.